The van der Waals surface area contributed by atoms with Crippen LogP contribution in [0.25, 0.3) is 0 Å². The Balaban J connectivity index is 2.01. The molecule has 0 spiro atoms. The Hall–Kier alpha value is -2.02. The van der Waals surface area contributed by atoms with Crippen LogP contribution in [0.1, 0.15) is 12.0 Å². The van der Waals surface area contributed by atoms with Crippen LogP contribution in [-0.2, 0) is 17.5 Å². The Morgan fingerprint density at radius 2 is 2.14 bits per heavy atom. The first-order valence-corrected chi connectivity index (χ1v) is 6.36. The molecule has 0 bridgehead atoms. The van der Waals surface area contributed by atoms with Crippen LogP contribution in [0.15, 0.2) is 36.9 Å². The van der Waals surface area contributed by atoms with Crippen molar-refractivity contribution in [3.8, 4) is 0 Å². The van der Waals surface area contributed by atoms with Crippen molar-refractivity contribution in [3.05, 3.63) is 47.5 Å². The van der Waals surface area contributed by atoms with Gasteiger partial charge < -0.3 is 9.88 Å². The lowest BCUT2D eigenvalue weighted by Gasteiger charge is -2.11. The van der Waals surface area contributed by atoms with Gasteiger partial charge in [-0.2, -0.15) is 13.2 Å². The SMILES string of the molecule is O=C(CCn1ccnc1)Nc1ccc(Cl)c(C(F)(F)F)c1. The second-order valence-electron chi connectivity index (χ2n) is 4.29. The van der Waals surface area contributed by atoms with Crippen LogP contribution in [0.5, 0.6) is 0 Å². The third-order valence-corrected chi connectivity index (χ3v) is 3.04. The fourth-order valence-corrected chi connectivity index (χ4v) is 1.92. The van der Waals surface area contributed by atoms with Crippen LogP contribution < -0.4 is 5.32 Å². The van der Waals surface area contributed by atoms with Crippen molar-refractivity contribution in [1.82, 2.24) is 9.55 Å². The van der Waals surface area contributed by atoms with Gasteiger partial charge in [0.15, 0.2) is 0 Å². The molecule has 0 saturated carbocycles. The molecular formula is C13H11ClF3N3O. The lowest BCUT2D eigenvalue weighted by Crippen LogP contribution is -2.15. The number of imidazole rings is 1. The van der Waals surface area contributed by atoms with E-state index < -0.39 is 16.8 Å². The van der Waals surface area contributed by atoms with Gasteiger partial charge in [-0.3, -0.25) is 4.79 Å². The maximum absolute atomic E-state index is 12.7. The highest BCUT2D eigenvalue weighted by molar-refractivity contribution is 6.31. The number of carbonyl (C=O) groups excluding carboxylic acids is 1. The first kappa shape index (κ1) is 15.4. The molecule has 1 aromatic heterocycles. The number of alkyl halides is 3. The number of nitrogens with zero attached hydrogens (tertiary/aromatic N) is 2. The summed E-state index contributed by atoms with van der Waals surface area (Å²) in [5.74, 6) is -0.390. The van der Waals surface area contributed by atoms with Crippen molar-refractivity contribution >= 4 is 23.2 Å². The van der Waals surface area contributed by atoms with Gasteiger partial charge in [-0.25, -0.2) is 4.98 Å². The van der Waals surface area contributed by atoms with E-state index in [0.29, 0.717) is 6.54 Å². The van der Waals surface area contributed by atoms with E-state index in [1.807, 2.05) is 0 Å². The fraction of sp³-hybridized carbons (Fsp3) is 0.231. The number of nitrogens with one attached hydrogen (secondary N) is 1. The molecule has 2 aromatic rings. The van der Waals surface area contributed by atoms with E-state index >= 15 is 0 Å². The number of anilines is 1. The molecule has 2 rings (SSSR count). The molecule has 0 aliphatic carbocycles. The van der Waals surface area contributed by atoms with E-state index in [9.17, 15) is 18.0 Å². The first-order chi connectivity index (χ1) is 9.86. The first-order valence-electron chi connectivity index (χ1n) is 5.98. The van der Waals surface area contributed by atoms with Gasteiger partial charge in [0.05, 0.1) is 16.9 Å². The van der Waals surface area contributed by atoms with Gasteiger partial charge in [-0.05, 0) is 18.2 Å². The molecule has 0 saturated heterocycles. The minimum atomic E-state index is -4.56. The Bertz CT molecular complexity index is 626. The van der Waals surface area contributed by atoms with Crippen LogP contribution in [0.3, 0.4) is 0 Å². The fourth-order valence-electron chi connectivity index (χ4n) is 1.69. The third kappa shape index (κ3) is 4.22. The van der Waals surface area contributed by atoms with Gasteiger partial charge in [0.1, 0.15) is 0 Å². The molecule has 4 nitrogen and oxygen atoms in total. The molecule has 1 N–H and O–H groups in total. The molecule has 0 aliphatic rings. The highest BCUT2D eigenvalue weighted by Gasteiger charge is 2.33. The molecule has 0 fully saturated rings. The van der Waals surface area contributed by atoms with Crippen molar-refractivity contribution in [3.63, 3.8) is 0 Å². The number of carbonyl (C=O) groups is 1. The number of halogens is 4. The molecule has 0 aliphatic heterocycles. The molecule has 1 amide bonds. The Kier molecular flexibility index (Phi) is 4.52. The van der Waals surface area contributed by atoms with Crippen LogP contribution in [0, 0.1) is 0 Å². The average molecular weight is 318 g/mol. The summed E-state index contributed by atoms with van der Waals surface area (Å²) >= 11 is 5.50. The van der Waals surface area contributed by atoms with Crippen molar-refractivity contribution < 1.29 is 18.0 Å². The zero-order valence-corrected chi connectivity index (χ0v) is 11.4. The number of benzene rings is 1. The standard InChI is InChI=1S/C13H11ClF3N3O/c14-11-2-1-9(7-10(11)13(15,16)17)19-12(21)3-5-20-6-4-18-8-20/h1-2,4,6-8H,3,5H2,(H,19,21). The van der Waals surface area contributed by atoms with Gasteiger partial charge in [-0.15, -0.1) is 0 Å². The summed E-state index contributed by atoms with van der Waals surface area (Å²) in [6.07, 6.45) is 0.385. The van der Waals surface area contributed by atoms with E-state index in [1.165, 1.54) is 6.07 Å². The number of aromatic nitrogens is 2. The zero-order chi connectivity index (χ0) is 15.5. The Labute approximate surface area is 123 Å². The highest BCUT2D eigenvalue weighted by Crippen LogP contribution is 2.36. The largest absolute Gasteiger partial charge is 0.417 e. The van der Waals surface area contributed by atoms with Crippen molar-refractivity contribution in [2.45, 2.75) is 19.1 Å². The van der Waals surface area contributed by atoms with E-state index in [-0.39, 0.29) is 18.0 Å². The van der Waals surface area contributed by atoms with Crippen molar-refractivity contribution in [2.24, 2.45) is 0 Å². The van der Waals surface area contributed by atoms with Gasteiger partial charge in [0.2, 0.25) is 5.91 Å². The Morgan fingerprint density at radius 1 is 1.38 bits per heavy atom. The predicted octanol–water partition coefficient (Wildman–Crippen LogP) is 3.58. The van der Waals surface area contributed by atoms with Gasteiger partial charge in [-0.1, -0.05) is 11.6 Å². The molecule has 1 heterocycles. The quantitative estimate of drug-likeness (QED) is 0.937. The Morgan fingerprint density at radius 3 is 2.76 bits per heavy atom. The van der Waals surface area contributed by atoms with Crippen molar-refractivity contribution in [1.29, 1.82) is 0 Å². The molecular weight excluding hydrogens is 307 g/mol. The number of hydrogen-bond donors (Lipinski definition) is 1. The second-order valence-corrected chi connectivity index (χ2v) is 4.70. The maximum atomic E-state index is 12.7. The number of aryl methyl sites for hydroxylation is 1. The summed E-state index contributed by atoms with van der Waals surface area (Å²) in [7, 11) is 0. The van der Waals surface area contributed by atoms with E-state index in [2.05, 4.69) is 10.3 Å². The summed E-state index contributed by atoms with van der Waals surface area (Å²) in [4.78, 5) is 15.5. The van der Waals surface area contributed by atoms with Crippen LogP contribution >= 0.6 is 11.6 Å². The van der Waals surface area contributed by atoms with E-state index in [1.54, 1.807) is 23.3 Å². The molecule has 21 heavy (non-hydrogen) atoms. The summed E-state index contributed by atoms with van der Waals surface area (Å²) in [5.41, 5.74) is -0.918. The summed E-state index contributed by atoms with van der Waals surface area (Å²) < 4.78 is 39.8. The van der Waals surface area contributed by atoms with E-state index in [0.717, 1.165) is 12.1 Å². The van der Waals surface area contributed by atoms with E-state index in [4.69, 9.17) is 11.6 Å². The molecule has 0 radical (unpaired) electrons. The normalized spacial score (nSPS) is 11.4. The summed E-state index contributed by atoms with van der Waals surface area (Å²) in [6.45, 7) is 0.394. The average Bonchev–Trinajstić information content (AvgIpc) is 2.90. The van der Waals surface area contributed by atoms with Crippen LogP contribution in [0.4, 0.5) is 18.9 Å². The predicted molar refractivity (Wildman–Crippen MR) is 71.9 cm³/mol. The molecule has 1 aromatic carbocycles. The molecule has 0 unspecified atom stereocenters. The minimum Gasteiger partial charge on any atom is -0.337 e. The second kappa shape index (κ2) is 6.17. The van der Waals surface area contributed by atoms with Gasteiger partial charge in [0.25, 0.3) is 0 Å². The van der Waals surface area contributed by atoms with Crippen LogP contribution in [0.2, 0.25) is 5.02 Å². The lowest BCUT2D eigenvalue weighted by atomic mass is 10.2. The zero-order valence-electron chi connectivity index (χ0n) is 10.7. The monoisotopic (exact) mass is 317 g/mol. The minimum absolute atomic E-state index is 0.0577. The third-order valence-electron chi connectivity index (χ3n) is 2.71. The smallest absolute Gasteiger partial charge is 0.337 e. The highest BCUT2D eigenvalue weighted by atomic mass is 35.5. The number of hydrogen-bond acceptors (Lipinski definition) is 2. The topological polar surface area (TPSA) is 46.9 Å². The van der Waals surface area contributed by atoms with Crippen molar-refractivity contribution in [2.75, 3.05) is 5.32 Å². The van der Waals surface area contributed by atoms with Crippen LogP contribution in [-0.4, -0.2) is 15.5 Å². The molecule has 112 valence electrons. The molecule has 0 atom stereocenters. The van der Waals surface area contributed by atoms with Gasteiger partial charge >= 0.3 is 6.18 Å². The number of amides is 1. The maximum Gasteiger partial charge on any atom is 0.417 e. The summed E-state index contributed by atoms with van der Waals surface area (Å²) in [5, 5.41) is 2.01. The summed E-state index contributed by atoms with van der Waals surface area (Å²) in [6, 6.07) is 3.25. The number of rotatable bonds is 4. The lowest BCUT2D eigenvalue weighted by molar-refractivity contribution is -0.137. The molecule has 8 heteroatoms. The van der Waals surface area contributed by atoms with Gasteiger partial charge in [0, 0.05) is 31.0 Å².